The van der Waals surface area contributed by atoms with Gasteiger partial charge in [-0.15, -0.1) is 0 Å². The topological polar surface area (TPSA) is 38.3 Å². The summed E-state index contributed by atoms with van der Waals surface area (Å²) in [5.74, 6) is -2.25. The molecule has 0 aliphatic heterocycles. The fraction of sp³-hybridized carbons (Fsp3) is 0.0714. The Morgan fingerprint density at radius 2 is 1.95 bits per heavy atom. The lowest BCUT2D eigenvalue weighted by molar-refractivity contribution is -0.118. The van der Waals surface area contributed by atoms with Gasteiger partial charge >= 0.3 is 0 Å². The number of hydrogen-bond donors (Lipinski definition) is 1. The molecule has 0 heterocycles. The summed E-state index contributed by atoms with van der Waals surface area (Å²) in [5.41, 5.74) is 0.649. The highest BCUT2D eigenvalue weighted by Crippen LogP contribution is 2.16. The van der Waals surface area contributed by atoms with E-state index in [1.165, 1.54) is 6.07 Å². The summed E-state index contributed by atoms with van der Waals surface area (Å²) >= 11 is 2.13. The Morgan fingerprint density at radius 3 is 2.65 bits per heavy atom. The van der Waals surface area contributed by atoms with Crippen molar-refractivity contribution in [2.24, 2.45) is 0 Å². The van der Waals surface area contributed by atoms with Gasteiger partial charge in [0.05, 0.1) is 0 Å². The number of halogens is 3. The molecule has 2 rings (SSSR count). The maximum Gasteiger partial charge on any atom is 0.262 e. The molecule has 2 aromatic carbocycles. The van der Waals surface area contributed by atoms with E-state index in [1.807, 2.05) is 12.1 Å². The third kappa shape index (κ3) is 4.16. The minimum atomic E-state index is -1.01. The van der Waals surface area contributed by atoms with Gasteiger partial charge in [-0.25, -0.2) is 8.78 Å². The fourth-order valence-electron chi connectivity index (χ4n) is 1.48. The summed E-state index contributed by atoms with van der Waals surface area (Å²) in [7, 11) is 0. The molecule has 1 amide bonds. The third-order valence-electron chi connectivity index (χ3n) is 2.37. The van der Waals surface area contributed by atoms with Gasteiger partial charge in [-0.1, -0.05) is 6.07 Å². The Labute approximate surface area is 128 Å². The van der Waals surface area contributed by atoms with Crippen LogP contribution in [0.15, 0.2) is 42.5 Å². The average molecular weight is 389 g/mol. The Morgan fingerprint density at radius 1 is 1.15 bits per heavy atom. The Balaban J connectivity index is 1.90. The Kier molecular flexibility index (Phi) is 4.89. The number of ether oxygens (including phenoxy) is 1. The van der Waals surface area contributed by atoms with E-state index in [0.717, 1.165) is 15.7 Å². The van der Waals surface area contributed by atoms with Crippen molar-refractivity contribution in [1.82, 2.24) is 0 Å². The quantitative estimate of drug-likeness (QED) is 0.812. The first-order valence-electron chi connectivity index (χ1n) is 5.68. The van der Waals surface area contributed by atoms with Crippen molar-refractivity contribution in [2.45, 2.75) is 0 Å². The molecule has 0 bridgehead atoms. The fourth-order valence-corrected chi connectivity index (χ4v) is 2.02. The standard InChI is InChI=1S/C14H10F2INO2/c15-12-5-4-11(7-13(12)16)20-8-14(19)18-10-3-1-2-9(17)6-10/h1-7H,8H2,(H,18,19). The van der Waals surface area contributed by atoms with Gasteiger partial charge in [0, 0.05) is 15.3 Å². The van der Waals surface area contributed by atoms with Crippen LogP contribution in [0.5, 0.6) is 5.75 Å². The second kappa shape index (κ2) is 6.65. The van der Waals surface area contributed by atoms with Crippen molar-refractivity contribution in [2.75, 3.05) is 11.9 Å². The van der Waals surface area contributed by atoms with Crippen LogP contribution in [0.1, 0.15) is 0 Å². The van der Waals surface area contributed by atoms with Gasteiger partial charge in [0.15, 0.2) is 18.2 Å². The molecule has 0 aromatic heterocycles. The maximum atomic E-state index is 12.9. The Hall–Kier alpha value is -1.70. The highest BCUT2D eigenvalue weighted by Gasteiger charge is 2.06. The largest absolute Gasteiger partial charge is 0.484 e. The summed E-state index contributed by atoms with van der Waals surface area (Å²) < 4.78 is 31.7. The van der Waals surface area contributed by atoms with Crippen LogP contribution in [0.3, 0.4) is 0 Å². The first-order valence-corrected chi connectivity index (χ1v) is 6.76. The number of nitrogens with one attached hydrogen (secondary N) is 1. The molecule has 0 unspecified atom stereocenters. The SMILES string of the molecule is O=C(COc1ccc(F)c(F)c1)Nc1cccc(I)c1. The van der Waals surface area contributed by atoms with Gasteiger partial charge in [0.2, 0.25) is 0 Å². The molecule has 0 atom stereocenters. The summed E-state index contributed by atoms with van der Waals surface area (Å²) in [6, 6.07) is 10.4. The highest BCUT2D eigenvalue weighted by molar-refractivity contribution is 14.1. The van der Waals surface area contributed by atoms with E-state index in [2.05, 4.69) is 27.9 Å². The predicted molar refractivity (Wildman–Crippen MR) is 79.6 cm³/mol. The summed E-state index contributed by atoms with van der Waals surface area (Å²) in [4.78, 5) is 11.6. The van der Waals surface area contributed by atoms with Gasteiger partial charge in [-0.05, 0) is 52.9 Å². The third-order valence-corrected chi connectivity index (χ3v) is 3.04. The molecule has 104 valence electrons. The van der Waals surface area contributed by atoms with Gasteiger partial charge in [0.25, 0.3) is 5.91 Å². The van der Waals surface area contributed by atoms with Crippen molar-refractivity contribution in [3.8, 4) is 5.75 Å². The van der Waals surface area contributed by atoms with Crippen LogP contribution < -0.4 is 10.1 Å². The maximum absolute atomic E-state index is 12.9. The highest BCUT2D eigenvalue weighted by atomic mass is 127. The first kappa shape index (κ1) is 14.7. The molecule has 1 N–H and O–H groups in total. The number of hydrogen-bond acceptors (Lipinski definition) is 2. The number of rotatable bonds is 4. The molecule has 3 nitrogen and oxygen atoms in total. The lowest BCUT2D eigenvalue weighted by atomic mass is 10.3. The van der Waals surface area contributed by atoms with E-state index in [4.69, 9.17) is 4.74 Å². The Bertz CT molecular complexity index is 634. The van der Waals surface area contributed by atoms with E-state index >= 15 is 0 Å². The van der Waals surface area contributed by atoms with E-state index < -0.39 is 11.6 Å². The van der Waals surface area contributed by atoms with E-state index in [9.17, 15) is 13.6 Å². The van der Waals surface area contributed by atoms with Crippen molar-refractivity contribution in [3.05, 3.63) is 57.7 Å². The van der Waals surface area contributed by atoms with Gasteiger partial charge in [0.1, 0.15) is 5.75 Å². The van der Waals surface area contributed by atoms with Crippen LogP contribution >= 0.6 is 22.6 Å². The summed E-state index contributed by atoms with van der Waals surface area (Å²) in [6.07, 6.45) is 0. The molecule has 0 fully saturated rings. The van der Waals surface area contributed by atoms with Crippen molar-refractivity contribution < 1.29 is 18.3 Å². The van der Waals surface area contributed by atoms with Crippen LogP contribution in [-0.2, 0) is 4.79 Å². The number of amides is 1. The molecule has 0 saturated heterocycles. The van der Waals surface area contributed by atoms with Gasteiger partial charge in [-0.3, -0.25) is 4.79 Å². The molecule has 20 heavy (non-hydrogen) atoms. The molecule has 2 aromatic rings. The van der Waals surface area contributed by atoms with Crippen molar-refractivity contribution in [3.63, 3.8) is 0 Å². The number of benzene rings is 2. The molecule has 6 heteroatoms. The van der Waals surface area contributed by atoms with Gasteiger partial charge < -0.3 is 10.1 Å². The molecule has 0 saturated carbocycles. The summed E-state index contributed by atoms with van der Waals surface area (Å²) in [6.45, 7) is -0.281. The lowest BCUT2D eigenvalue weighted by Gasteiger charge is -2.08. The van der Waals surface area contributed by atoms with Gasteiger partial charge in [-0.2, -0.15) is 0 Å². The molecule has 0 spiro atoms. The second-order valence-electron chi connectivity index (χ2n) is 3.92. The minimum Gasteiger partial charge on any atom is -0.484 e. The zero-order valence-corrected chi connectivity index (χ0v) is 12.4. The zero-order chi connectivity index (χ0) is 14.5. The van der Waals surface area contributed by atoms with Crippen LogP contribution in [0.4, 0.5) is 14.5 Å². The predicted octanol–water partition coefficient (Wildman–Crippen LogP) is 3.59. The monoisotopic (exact) mass is 389 g/mol. The number of anilines is 1. The average Bonchev–Trinajstić information content (AvgIpc) is 2.40. The van der Waals surface area contributed by atoms with Crippen LogP contribution in [-0.4, -0.2) is 12.5 Å². The molecule has 0 radical (unpaired) electrons. The van der Waals surface area contributed by atoms with Crippen molar-refractivity contribution >= 4 is 34.2 Å². The molecular weight excluding hydrogens is 379 g/mol. The normalized spacial score (nSPS) is 10.2. The molecular formula is C14H10F2INO2. The van der Waals surface area contributed by atoms with E-state index in [-0.39, 0.29) is 18.3 Å². The van der Waals surface area contributed by atoms with Crippen LogP contribution in [0, 0.1) is 15.2 Å². The number of carbonyl (C=O) groups is 1. The second-order valence-corrected chi connectivity index (χ2v) is 5.17. The van der Waals surface area contributed by atoms with E-state index in [1.54, 1.807) is 12.1 Å². The smallest absolute Gasteiger partial charge is 0.262 e. The number of carbonyl (C=O) groups excluding carboxylic acids is 1. The summed E-state index contributed by atoms with van der Waals surface area (Å²) in [5, 5.41) is 2.64. The lowest BCUT2D eigenvalue weighted by Crippen LogP contribution is -2.20. The van der Waals surface area contributed by atoms with Crippen LogP contribution in [0.2, 0.25) is 0 Å². The first-order chi connectivity index (χ1) is 9.54. The minimum absolute atomic E-state index is 0.0988. The van der Waals surface area contributed by atoms with Crippen molar-refractivity contribution in [1.29, 1.82) is 0 Å². The molecule has 0 aliphatic rings. The zero-order valence-electron chi connectivity index (χ0n) is 10.2. The van der Waals surface area contributed by atoms with E-state index in [0.29, 0.717) is 5.69 Å². The van der Waals surface area contributed by atoms with Crippen LogP contribution in [0.25, 0.3) is 0 Å². The molecule has 0 aliphatic carbocycles.